The number of aliphatic hydroxyl groups excluding tert-OH is 1. The Morgan fingerprint density at radius 1 is 0.846 bits per heavy atom. The summed E-state index contributed by atoms with van der Waals surface area (Å²) in [7, 11) is 0. The van der Waals surface area contributed by atoms with Crippen molar-refractivity contribution in [3.8, 4) is 0 Å². The van der Waals surface area contributed by atoms with Crippen LogP contribution in [0.3, 0.4) is 0 Å². The fourth-order valence-electron chi connectivity index (χ4n) is 2.33. The van der Waals surface area contributed by atoms with Gasteiger partial charge < -0.3 is 10.4 Å². The Balaban J connectivity index is 3.50. The van der Waals surface area contributed by atoms with Crippen LogP contribution in [-0.2, 0) is 4.79 Å². The fourth-order valence-corrected chi connectivity index (χ4v) is 2.33. The number of hydrogen-bond acceptors (Lipinski definition) is 2. The fraction of sp³-hybridized carbons (Fsp3) is 0.609. The topological polar surface area (TPSA) is 49.3 Å². The molecule has 0 spiro atoms. The van der Waals surface area contributed by atoms with Crippen molar-refractivity contribution >= 4 is 5.91 Å². The second-order valence-corrected chi connectivity index (χ2v) is 6.63. The van der Waals surface area contributed by atoms with Crippen LogP contribution < -0.4 is 5.32 Å². The van der Waals surface area contributed by atoms with Crippen LogP contribution in [0.1, 0.15) is 78.1 Å². The molecule has 0 saturated heterocycles. The van der Waals surface area contributed by atoms with Gasteiger partial charge in [-0.25, -0.2) is 0 Å². The van der Waals surface area contributed by atoms with Crippen molar-refractivity contribution < 1.29 is 9.90 Å². The Morgan fingerprint density at radius 3 is 1.85 bits per heavy atom. The quantitative estimate of drug-likeness (QED) is 0.276. The third-order valence-corrected chi connectivity index (χ3v) is 3.91. The first-order valence-corrected chi connectivity index (χ1v) is 10.2. The molecule has 0 aromatic carbocycles. The maximum atomic E-state index is 11.5. The highest BCUT2D eigenvalue weighted by Gasteiger charge is 2.04. The Hall–Kier alpha value is -1.61. The van der Waals surface area contributed by atoms with Gasteiger partial charge in [-0.15, -0.1) is 0 Å². The number of nitrogens with one attached hydrogen (secondary N) is 1. The predicted octanol–water partition coefficient (Wildman–Crippen LogP) is 5.63. The van der Waals surface area contributed by atoms with Gasteiger partial charge in [0.25, 0.3) is 0 Å². The van der Waals surface area contributed by atoms with Crippen molar-refractivity contribution in [2.45, 2.75) is 84.1 Å². The molecule has 0 aromatic rings. The van der Waals surface area contributed by atoms with Crippen LogP contribution in [0.5, 0.6) is 0 Å². The molecule has 0 saturated carbocycles. The average molecular weight is 362 g/mol. The maximum Gasteiger partial charge on any atom is 0.220 e. The maximum absolute atomic E-state index is 11.5. The lowest BCUT2D eigenvalue weighted by atomic mass is 10.2. The molecule has 0 aliphatic carbocycles. The molecule has 3 heteroatoms. The molecule has 0 unspecified atom stereocenters. The van der Waals surface area contributed by atoms with Crippen molar-refractivity contribution in [2.75, 3.05) is 6.61 Å². The van der Waals surface area contributed by atoms with Gasteiger partial charge in [-0.2, -0.15) is 0 Å². The summed E-state index contributed by atoms with van der Waals surface area (Å²) in [5.41, 5.74) is 0. The SMILES string of the molecule is CCCCC/C=C\C/C=C\C/C=C\C/C=C\CCCC(=O)N[C@H](C)CO. The number of carbonyl (C=O) groups is 1. The van der Waals surface area contributed by atoms with E-state index in [-0.39, 0.29) is 18.6 Å². The predicted molar refractivity (Wildman–Crippen MR) is 113 cm³/mol. The van der Waals surface area contributed by atoms with E-state index < -0.39 is 0 Å². The second kappa shape index (κ2) is 19.7. The number of unbranched alkanes of at least 4 members (excludes halogenated alkanes) is 4. The molecule has 0 bridgehead atoms. The molecule has 2 N–H and O–H groups in total. The van der Waals surface area contributed by atoms with Crippen molar-refractivity contribution in [1.29, 1.82) is 0 Å². The Bertz CT molecular complexity index is 435. The van der Waals surface area contributed by atoms with Gasteiger partial charge in [0.05, 0.1) is 6.61 Å². The first kappa shape index (κ1) is 24.4. The Morgan fingerprint density at radius 2 is 1.35 bits per heavy atom. The summed E-state index contributed by atoms with van der Waals surface area (Å²) in [6.07, 6.45) is 28.0. The average Bonchev–Trinajstić information content (AvgIpc) is 2.64. The summed E-state index contributed by atoms with van der Waals surface area (Å²) in [6, 6.07) is -0.154. The van der Waals surface area contributed by atoms with Crippen LogP contribution in [0.15, 0.2) is 48.6 Å². The highest BCUT2D eigenvalue weighted by atomic mass is 16.3. The van der Waals surface area contributed by atoms with Gasteiger partial charge >= 0.3 is 0 Å². The van der Waals surface area contributed by atoms with E-state index in [2.05, 4.69) is 60.8 Å². The molecule has 0 rings (SSSR count). The minimum Gasteiger partial charge on any atom is -0.394 e. The Labute approximate surface area is 161 Å². The van der Waals surface area contributed by atoms with E-state index in [0.29, 0.717) is 6.42 Å². The zero-order valence-corrected chi connectivity index (χ0v) is 16.8. The molecular formula is C23H39NO2. The third kappa shape index (κ3) is 18.7. The summed E-state index contributed by atoms with van der Waals surface area (Å²) >= 11 is 0. The highest BCUT2D eigenvalue weighted by Crippen LogP contribution is 2.01. The molecule has 0 aromatic heterocycles. The van der Waals surface area contributed by atoms with E-state index in [0.717, 1.165) is 32.1 Å². The minimum atomic E-state index is -0.154. The normalized spacial score (nSPS) is 13.5. The van der Waals surface area contributed by atoms with E-state index in [1.807, 2.05) is 0 Å². The van der Waals surface area contributed by atoms with Gasteiger partial charge in [0.2, 0.25) is 5.91 Å². The lowest BCUT2D eigenvalue weighted by molar-refractivity contribution is -0.122. The lowest BCUT2D eigenvalue weighted by Gasteiger charge is -2.09. The van der Waals surface area contributed by atoms with Crippen LogP contribution in [0.25, 0.3) is 0 Å². The van der Waals surface area contributed by atoms with E-state index in [1.54, 1.807) is 6.92 Å². The standard InChI is InChI=1S/C23H39NO2/c1-3-4-5-6-7-8-9-10-11-12-13-14-15-16-17-18-19-20-23(26)24-22(2)21-25/h7-8,10-11,13-14,16-17,22,25H,3-6,9,12,15,18-21H2,1-2H3,(H,24,26)/b8-7-,11-10-,14-13-,17-16-/t22-/m1/s1. The van der Waals surface area contributed by atoms with Crippen molar-refractivity contribution in [3.05, 3.63) is 48.6 Å². The highest BCUT2D eigenvalue weighted by molar-refractivity contribution is 5.76. The zero-order valence-electron chi connectivity index (χ0n) is 16.8. The van der Waals surface area contributed by atoms with Crippen LogP contribution >= 0.6 is 0 Å². The van der Waals surface area contributed by atoms with Gasteiger partial charge in [0.1, 0.15) is 0 Å². The van der Waals surface area contributed by atoms with Crippen LogP contribution in [0, 0.1) is 0 Å². The molecule has 0 aliphatic heterocycles. The Kier molecular flexibility index (Phi) is 18.5. The van der Waals surface area contributed by atoms with Gasteiger partial charge in [0, 0.05) is 12.5 Å². The molecule has 3 nitrogen and oxygen atoms in total. The van der Waals surface area contributed by atoms with E-state index in [4.69, 9.17) is 5.11 Å². The lowest BCUT2D eigenvalue weighted by Crippen LogP contribution is -2.34. The monoisotopic (exact) mass is 361 g/mol. The summed E-state index contributed by atoms with van der Waals surface area (Å²) < 4.78 is 0. The first-order valence-electron chi connectivity index (χ1n) is 10.2. The summed E-state index contributed by atoms with van der Waals surface area (Å²) in [5, 5.41) is 11.6. The molecule has 0 heterocycles. The van der Waals surface area contributed by atoms with Gasteiger partial charge in [-0.1, -0.05) is 68.4 Å². The van der Waals surface area contributed by atoms with Crippen molar-refractivity contribution in [3.63, 3.8) is 0 Å². The molecule has 148 valence electrons. The summed E-state index contributed by atoms with van der Waals surface area (Å²) in [5.74, 6) is 0.0161. The van der Waals surface area contributed by atoms with Crippen molar-refractivity contribution in [2.24, 2.45) is 0 Å². The number of allylic oxidation sites excluding steroid dienone is 8. The minimum absolute atomic E-state index is 0.0110. The van der Waals surface area contributed by atoms with E-state index >= 15 is 0 Å². The molecule has 26 heavy (non-hydrogen) atoms. The molecular weight excluding hydrogens is 322 g/mol. The molecule has 1 atom stereocenters. The van der Waals surface area contributed by atoms with Crippen LogP contribution in [0.4, 0.5) is 0 Å². The van der Waals surface area contributed by atoms with Gasteiger partial charge in [-0.05, 0) is 51.9 Å². The second-order valence-electron chi connectivity index (χ2n) is 6.63. The number of amides is 1. The van der Waals surface area contributed by atoms with Gasteiger partial charge in [-0.3, -0.25) is 4.79 Å². The van der Waals surface area contributed by atoms with Gasteiger partial charge in [0.15, 0.2) is 0 Å². The summed E-state index contributed by atoms with van der Waals surface area (Å²) in [4.78, 5) is 11.5. The first-order chi connectivity index (χ1) is 12.7. The molecule has 0 aliphatic rings. The van der Waals surface area contributed by atoms with Crippen molar-refractivity contribution in [1.82, 2.24) is 5.32 Å². The number of aliphatic hydroxyl groups is 1. The zero-order chi connectivity index (χ0) is 19.3. The molecule has 0 fully saturated rings. The number of carbonyl (C=O) groups excluding carboxylic acids is 1. The molecule has 0 radical (unpaired) electrons. The number of hydrogen-bond donors (Lipinski definition) is 2. The van der Waals surface area contributed by atoms with Crippen LogP contribution in [-0.4, -0.2) is 23.7 Å². The number of rotatable bonds is 16. The van der Waals surface area contributed by atoms with E-state index in [9.17, 15) is 4.79 Å². The third-order valence-electron chi connectivity index (χ3n) is 3.91. The largest absolute Gasteiger partial charge is 0.394 e. The summed E-state index contributed by atoms with van der Waals surface area (Å²) in [6.45, 7) is 4.02. The van der Waals surface area contributed by atoms with Crippen LogP contribution in [0.2, 0.25) is 0 Å². The molecule has 1 amide bonds. The smallest absolute Gasteiger partial charge is 0.220 e. The van der Waals surface area contributed by atoms with E-state index in [1.165, 1.54) is 25.7 Å².